The van der Waals surface area contributed by atoms with Gasteiger partial charge in [0.1, 0.15) is 17.2 Å². The van der Waals surface area contributed by atoms with Gasteiger partial charge in [-0.1, -0.05) is 12.2 Å². The summed E-state index contributed by atoms with van der Waals surface area (Å²) in [5.74, 6) is 0.864. The molecule has 0 aliphatic heterocycles. The van der Waals surface area contributed by atoms with E-state index in [0.29, 0.717) is 4.99 Å². The Kier molecular flexibility index (Phi) is 3.19. The summed E-state index contributed by atoms with van der Waals surface area (Å²) >= 11 is 5.26. The van der Waals surface area contributed by atoms with E-state index in [1.165, 1.54) is 0 Å². The maximum atomic E-state index is 5.26. The fourth-order valence-corrected chi connectivity index (χ4v) is 1.60. The molecule has 4 nitrogen and oxygen atoms in total. The van der Waals surface area contributed by atoms with E-state index in [9.17, 15) is 0 Å². The van der Waals surface area contributed by atoms with E-state index in [0.717, 1.165) is 22.6 Å². The number of aliphatic imine (C=N–C) groups is 1. The topological polar surface area (TPSA) is 44.3 Å². The zero-order chi connectivity index (χ0) is 12.4. The molecule has 0 spiro atoms. The monoisotopic (exact) mass is 246 g/mol. The molecule has 0 radical (unpaired) electrons. The fourth-order valence-electron chi connectivity index (χ4n) is 1.35. The quantitative estimate of drug-likeness (QED) is 0.477. The number of nitrogens with one attached hydrogen (secondary N) is 1. The highest BCUT2D eigenvalue weighted by atomic mass is 32.1. The highest BCUT2D eigenvalue weighted by Crippen LogP contribution is 2.11. The molecule has 0 amide bonds. The number of aromatic nitrogens is 2. The van der Waals surface area contributed by atoms with Crippen LogP contribution in [-0.4, -0.2) is 39.8 Å². The summed E-state index contributed by atoms with van der Waals surface area (Å²) in [7, 11) is 3.87. The molecule has 2 heterocycles. The highest BCUT2D eigenvalue weighted by Gasteiger charge is 2.05. The minimum atomic E-state index is 0.507. The molecular weight excluding hydrogens is 232 g/mol. The van der Waals surface area contributed by atoms with E-state index in [-0.39, 0.29) is 0 Å². The smallest absolute Gasteiger partial charge is 0.153 e. The molecule has 0 saturated heterocycles. The van der Waals surface area contributed by atoms with Gasteiger partial charge in [-0.25, -0.2) is 9.98 Å². The third-order valence-electron chi connectivity index (χ3n) is 2.54. The first-order chi connectivity index (χ1) is 8.08. The second-order valence-electron chi connectivity index (χ2n) is 3.97. The molecule has 0 unspecified atom stereocenters. The molecule has 2 aromatic heterocycles. The van der Waals surface area contributed by atoms with E-state index in [1.54, 1.807) is 0 Å². The van der Waals surface area contributed by atoms with Gasteiger partial charge >= 0.3 is 0 Å². The normalized spacial score (nSPS) is 11.8. The lowest BCUT2D eigenvalue weighted by molar-refractivity contribution is 0.620. The van der Waals surface area contributed by atoms with Crippen molar-refractivity contribution in [3.05, 3.63) is 30.1 Å². The average molecular weight is 246 g/mol. The molecular formula is C12H14N4S. The maximum absolute atomic E-state index is 5.26. The molecule has 17 heavy (non-hydrogen) atoms. The third kappa shape index (κ3) is 2.50. The summed E-state index contributed by atoms with van der Waals surface area (Å²) < 4.78 is 0. The van der Waals surface area contributed by atoms with Crippen molar-refractivity contribution in [2.45, 2.75) is 6.92 Å². The molecule has 0 atom stereocenters. The summed E-state index contributed by atoms with van der Waals surface area (Å²) in [6, 6.07) is 5.86. The molecule has 0 aliphatic carbocycles. The number of hydrogen-bond donors (Lipinski definition) is 1. The average Bonchev–Trinajstić information content (AvgIpc) is 2.75. The summed E-state index contributed by atoms with van der Waals surface area (Å²) in [5, 5.41) is 1.07. The summed E-state index contributed by atoms with van der Waals surface area (Å²) in [5.41, 5.74) is 1.55. The van der Waals surface area contributed by atoms with Crippen LogP contribution in [0.5, 0.6) is 0 Å². The van der Waals surface area contributed by atoms with Crippen LogP contribution in [0.3, 0.4) is 0 Å². The SMILES string of the molecule is C/C(=N\C(=S)c1ccc2cc[nH]c2n1)N(C)C. The molecule has 0 saturated carbocycles. The molecule has 5 heteroatoms. The summed E-state index contributed by atoms with van der Waals surface area (Å²) in [4.78, 5) is 14.2. The second-order valence-corrected chi connectivity index (χ2v) is 4.36. The van der Waals surface area contributed by atoms with Gasteiger partial charge in [-0.2, -0.15) is 0 Å². The standard InChI is InChI=1S/C12H14N4S/c1-8(16(2)3)14-12(17)10-5-4-9-6-7-13-11(9)15-10/h4-7H,1-3H3,(H,13,15)/b14-8+. The van der Waals surface area contributed by atoms with E-state index in [2.05, 4.69) is 15.0 Å². The lowest BCUT2D eigenvalue weighted by Crippen LogP contribution is -2.19. The van der Waals surface area contributed by atoms with Gasteiger partial charge in [0.05, 0.1) is 0 Å². The third-order valence-corrected chi connectivity index (χ3v) is 2.84. The summed E-state index contributed by atoms with van der Waals surface area (Å²) in [6.45, 7) is 1.92. The van der Waals surface area contributed by atoms with Gasteiger partial charge < -0.3 is 9.88 Å². The zero-order valence-electron chi connectivity index (χ0n) is 10.1. The van der Waals surface area contributed by atoms with Gasteiger partial charge in [-0.05, 0) is 25.1 Å². The number of amidine groups is 1. The van der Waals surface area contributed by atoms with Crippen LogP contribution >= 0.6 is 12.2 Å². The Bertz CT molecular complexity index is 583. The summed E-state index contributed by atoms with van der Waals surface area (Å²) in [6.07, 6.45) is 1.86. The molecule has 1 N–H and O–H groups in total. The van der Waals surface area contributed by atoms with Gasteiger partial charge in [0, 0.05) is 25.7 Å². The first kappa shape index (κ1) is 11.7. The minimum absolute atomic E-state index is 0.507. The van der Waals surface area contributed by atoms with Crippen molar-refractivity contribution >= 4 is 34.1 Å². The number of H-pyrrole nitrogens is 1. The van der Waals surface area contributed by atoms with Crippen molar-refractivity contribution in [2.24, 2.45) is 4.99 Å². The predicted octanol–water partition coefficient (Wildman–Crippen LogP) is 2.22. The number of pyridine rings is 1. The van der Waals surface area contributed by atoms with E-state index in [1.807, 2.05) is 50.3 Å². The van der Waals surface area contributed by atoms with E-state index in [4.69, 9.17) is 12.2 Å². The van der Waals surface area contributed by atoms with Gasteiger partial charge in [0.15, 0.2) is 4.99 Å². The number of hydrogen-bond acceptors (Lipinski definition) is 2. The van der Waals surface area contributed by atoms with Gasteiger partial charge in [0.2, 0.25) is 0 Å². The first-order valence-corrected chi connectivity index (χ1v) is 5.70. The van der Waals surface area contributed by atoms with Crippen LogP contribution in [0, 0.1) is 0 Å². The Morgan fingerprint density at radius 3 is 2.82 bits per heavy atom. The van der Waals surface area contributed by atoms with Crippen molar-refractivity contribution in [3.8, 4) is 0 Å². The van der Waals surface area contributed by atoms with Crippen LogP contribution in [0.25, 0.3) is 11.0 Å². The Hall–Kier alpha value is -1.75. The predicted molar refractivity (Wildman–Crippen MR) is 74.6 cm³/mol. The number of fused-ring (bicyclic) bond motifs is 1. The van der Waals surface area contributed by atoms with Crippen LogP contribution < -0.4 is 0 Å². The van der Waals surface area contributed by atoms with E-state index >= 15 is 0 Å². The number of thiocarbonyl (C=S) groups is 1. The number of aromatic amines is 1. The Morgan fingerprint density at radius 1 is 1.35 bits per heavy atom. The molecule has 2 aromatic rings. The van der Waals surface area contributed by atoms with Crippen molar-refractivity contribution in [1.29, 1.82) is 0 Å². The van der Waals surface area contributed by atoms with Crippen LogP contribution in [0.4, 0.5) is 0 Å². The molecule has 0 fully saturated rings. The largest absolute Gasteiger partial charge is 0.366 e. The van der Waals surface area contributed by atoms with E-state index < -0.39 is 0 Å². The zero-order valence-corrected chi connectivity index (χ0v) is 10.9. The second kappa shape index (κ2) is 4.63. The Labute approximate surface area is 105 Å². The van der Waals surface area contributed by atoms with Crippen LogP contribution in [0.2, 0.25) is 0 Å². The number of rotatable bonds is 1. The first-order valence-electron chi connectivity index (χ1n) is 5.29. The van der Waals surface area contributed by atoms with Gasteiger partial charge in [-0.15, -0.1) is 0 Å². The molecule has 2 rings (SSSR count). The van der Waals surface area contributed by atoms with Crippen molar-refractivity contribution < 1.29 is 0 Å². The van der Waals surface area contributed by atoms with Gasteiger partial charge in [0.25, 0.3) is 0 Å². The molecule has 0 aliphatic rings. The minimum Gasteiger partial charge on any atom is -0.366 e. The van der Waals surface area contributed by atoms with Gasteiger partial charge in [-0.3, -0.25) is 0 Å². The van der Waals surface area contributed by atoms with Crippen LogP contribution in [-0.2, 0) is 0 Å². The lowest BCUT2D eigenvalue weighted by atomic mass is 10.3. The Balaban J connectivity index is 2.33. The fraction of sp³-hybridized carbons (Fsp3) is 0.250. The van der Waals surface area contributed by atoms with Crippen molar-refractivity contribution in [2.75, 3.05) is 14.1 Å². The van der Waals surface area contributed by atoms with Crippen LogP contribution in [0.1, 0.15) is 12.6 Å². The molecule has 0 aromatic carbocycles. The highest BCUT2D eigenvalue weighted by molar-refractivity contribution is 7.80. The van der Waals surface area contributed by atoms with Crippen molar-refractivity contribution in [3.63, 3.8) is 0 Å². The Morgan fingerprint density at radius 2 is 2.12 bits per heavy atom. The molecule has 88 valence electrons. The lowest BCUT2D eigenvalue weighted by Gasteiger charge is -2.10. The van der Waals surface area contributed by atoms with Crippen LogP contribution in [0.15, 0.2) is 29.4 Å². The maximum Gasteiger partial charge on any atom is 0.153 e. The number of nitrogens with zero attached hydrogens (tertiary/aromatic N) is 3. The molecule has 0 bridgehead atoms. The van der Waals surface area contributed by atoms with Crippen molar-refractivity contribution in [1.82, 2.24) is 14.9 Å².